The summed E-state index contributed by atoms with van der Waals surface area (Å²) in [5.74, 6) is 0. The summed E-state index contributed by atoms with van der Waals surface area (Å²) in [6.45, 7) is 8.22. The van der Waals surface area contributed by atoms with Crippen LogP contribution in [0.4, 0.5) is 13.2 Å². The first kappa shape index (κ1) is 21.2. The summed E-state index contributed by atoms with van der Waals surface area (Å²) in [6, 6.07) is 3.48. The van der Waals surface area contributed by atoms with Crippen molar-refractivity contribution in [1.29, 1.82) is 10.5 Å². The van der Waals surface area contributed by atoms with Crippen molar-refractivity contribution in [2.24, 2.45) is 16.0 Å². The van der Waals surface area contributed by atoms with Gasteiger partial charge in [0.1, 0.15) is 12.0 Å². The highest BCUT2D eigenvalue weighted by atomic mass is 19.4. The number of rotatable bonds is 8. The summed E-state index contributed by atoms with van der Waals surface area (Å²) in [7, 11) is 0. The molecule has 0 aromatic rings. The zero-order valence-electron chi connectivity index (χ0n) is 14.1. The van der Waals surface area contributed by atoms with Crippen LogP contribution < -0.4 is 0 Å². The highest BCUT2D eigenvalue weighted by Gasteiger charge is 2.36. The molecule has 0 radical (unpaired) electrons. The third kappa shape index (κ3) is 10.6. The Bertz CT molecular complexity index is 465. The Morgan fingerprint density at radius 2 is 1.61 bits per heavy atom. The van der Waals surface area contributed by atoms with Crippen molar-refractivity contribution in [3.63, 3.8) is 0 Å². The molecule has 0 spiro atoms. The Hall–Kier alpha value is -1.76. The van der Waals surface area contributed by atoms with Crippen molar-refractivity contribution in [3.05, 3.63) is 0 Å². The second-order valence-corrected chi connectivity index (χ2v) is 6.94. The van der Waals surface area contributed by atoms with Crippen LogP contribution in [0.15, 0.2) is 5.16 Å². The topological polar surface area (TPSA) is 69.2 Å². The predicted octanol–water partition coefficient (Wildman–Crippen LogP) is 4.97. The molecule has 0 saturated carbocycles. The highest BCUT2D eigenvalue weighted by molar-refractivity contribution is 5.81. The fourth-order valence-electron chi connectivity index (χ4n) is 1.76. The smallest absolute Gasteiger partial charge is 0.389 e. The summed E-state index contributed by atoms with van der Waals surface area (Å²) in [4.78, 5) is 5.20. The standard InChI is InChI=1S/C16H24F3N3O/c1-13(22-23-12-14(2,3)4)6-5-7-15(10-20,11-21)8-9-16(17,18)19/h5-9,12H2,1-4H3. The largest absolute Gasteiger partial charge is 0.395 e. The second-order valence-electron chi connectivity index (χ2n) is 6.94. The van der Waals surface area contributed by atoms with E-state index >= 15 is 0 Å². The van der Waals surface area contributed by atoms with E-state index in [1.54, 1.807) is 19.1 Å². The lowest BCUT2D eigenvalue weighted by Crippen LogP contribution is -2.20. The zero-order chi connectivity index (χ0) is 18.1. The SMILES string of the molecule is CC(CCCC(C#N)(C#N)CCC(F)(F)F)=NOCC(C)(C)C. The van der Waals surface area contributed by atoms with Gasteiger partial charge in [0, 0.05) is 6.42 Å². The normalized spacial score (nSPS) is 13.3. The highest BCUT2D eigenvalue weighted by Crippen LogP contribution is 2.34. The van der Waals surface area contributed by atoms with Gasteiger partial charge >= 0.3 is 6.18 Å². The number of nitrogens with zero attached hydrogens (tertiary/aromatic N) is 3. The van der Waals surface area contributed by atoms with E-state index in [4.69, 9.17) is 15.4 Å². The molecule has 7 heteroatoms. The number of alkyl halides is 3. The Morgan fingerprint density at radius 3 is 2.04 bits per heavy atom. The molecule has 0 aliphatic carbocycles. The number of halogens is 3. The van der Waals surface area contributed by atoms with Crippen LogP contribution >= 0.6 is 0 Å². The molecule has 0 saturated heterocycles. The summed E-state index contributed by atoms with van der Waals surface area (Å²) < 4.78 is 36.9. The monoisotopic (exact) mass is 331 g/mol. The minimum absolute atomic E-state index is 0.0157. The molecule has 0 bridgehead atoms. The average molecular weight is 331 g/mol. The molecular weight excluding hydrogens is 307 g/mol. The third-order valence-corrected chi connectivity index (χ3v) is 3.12. The summed E-state index contributed by atoms with van der Waals surface area (Å²) in [5.41, 5.74) is -0.921. The van der Waals surface area contributed by atoms with Crippen LogP contribution in [0.2, 0.25) is 0 Å². The van der Waals surface area contributed by atoms with E-state index in [0.29, 0.717) is 25.2 Å². The molecule has 0 aromatic carbocycles. The molecule has 0 atom stereocenters. The van der Waals surface area contributed by atoms with Gasteiger partial charge in [-0.2, -0.15) is 23.7 Å². The molecule has 130 valence electrons. The van der Waals surface area contributed by atoms with Crippen LogP contribution in [0.3, 0.4) is 0 Å². The zero-order valence-corrected chi connectivity index (χ0v) is 14.1. The number of nitriles is 2. The molecule has 0 aliphatic heterocycles. The quantitative estimate of drug-likeness (QED) is 0.465. The first-order chi connectivity index (χ1) is 10.4. The van der Waals surface area contributed by atoms with Crippen LogP contribution in [-0.4, -0.2) is 18.5 Å². The van der Waals surface area contributed by atoms with Crippen molar-refractivity contribution >= 4 is 5.71 Å². The van der Waals surface area contributed by atoms with Crippen LogP contribution in [0.25, 0.3) is 0 Å². The van der Waals surface area contributed by atoms with Gasteiger partial charge in [-0.05, 0) is 38.0 Å². The van der Waals surface area contributed by atoms with Gasteiger partial charge in [-0.3, -0.25) is 0 Å². The predicted molar refractivity (Wildman–Crippen MR) is 81.3 cm³/mol. The Kier molecular flexibility index (Phi) is 8.09. The first-order valence-electron chi connectivity index (χ1n) is 7.48. The molecule has 0 amide bonds. The number of hydrogen-bond donors (Lipinski definition) is 0. The van der Waals surface area contributed by atoms with Crippen molar-refractivity contribution < 1.29 is 18.0 Å². The molecule has 0 aliphatic rings. The number of oxime groups is 1. The lowest BCUT2D eigenvalue weighted by molar-refractivity contribution is -0.138. The van der Waals surface area contributed by atoms with Crippen molar-refractivity contribution in [3.8, 4) is 12.1 Å². The van der Waals surface area contributed by atoms with Crippen LogP contribution in [0.1, 0.15) is 59.8 Å². The van der Waals surface area contributed by atoms with Gasteiger partial charge in [-0.25, -0.2) is 0 Å². The molecule has 0 unspecified atom stereocenters. The summed E-state index contributed by atoms with van der Waals surface area (Å²) in [5, 5.41) is 22.1. The Balaban J connectivity index is 4.41. The summed E-state index contributed by atoms with van der Waals surface area (Å²) >= 11 is 0. The van der Waals surface area contributed by atoms with Gasteiger partial charge in [0.15, 0.2) is 0 Å². The van der Waals surface area contributed by atoms with E-state index in [-0.39, 0.29) is 11.8 Å². The van der Waals surface area contributed by atoms with Crippen molar-refractivity contribution in [2.45, 2.75) is 66.0 Å². The molecule has 0 rings (SSSR count). The van der Waals surface area contributed by atoms with Crippen molar-refractivity contribution in [2.75, 3.05) is 6.61 Å². The van der Waals surface area contributed by atoms with Gasteiger partial charge < -0.3 is 4.84 Å². The van der Waals surface area contributed by atoms with E-state index < -0.39 is 24.4 Å². The van der Waals surface area contributed by atoms with E-state index in [1.807, 2.05) is 20.8 Å². The molecule has 0 fully saturated rings. The lowest BCUT2D eigenvalue weighted by atomic mass is 9.81. The minimum atomic E-state index is -4.36. The maximum atomic E-state index is 12.3. The maximum Gasteiger partial charge on any atom is 0.389 e. The van der Waals surface area contributed by atoms with Gasteiger partial charge in [-0.1, -0.05) is 25.9 Å². The molecule has 0 aromatic heterocycles. The lowest BCUT2D eigenvalue weighted by Gasteiger charge is -2.19. The van der Waals surface area contributed by atoms with E-state index in [9.17, 15) is 13.2 Å². The van der Waals surface area contributed by atoms with E-state index in [2.05, 4.69) is 5.16 Å². The maximum absolute atomic E-state index is 12.3. The van der Waals surface area contributed by atoms with Crippen LogP contribution in [0, 0.1) is 33.5 Å². The van der Waals surface area contributed by atoms with E-state index in [1.165, 1.54) is 0 Å². The second kappa shape index (κ2) is 8.76. The fraction of sp³-hybridized carbons (Fsp3) is 0.812. The third-order valence-electron chi connectivity index (χ3n) is 3.12. The van der Waals surface area contributed by atoms with E-state index in [0.717, 1.165) is 0 Å². The van der Waals surface area contributed by atoms with Gasteiger partial charge in [0.25, 0.3) is 0 Å². The minimum Gasteiger partial charge on any atom is -0.395 e. The van der Waals surface area contributed by atoms with Gasteiger partial charge in [0.2, 0.25) is 0 Å². The molecule has 23 heavy (non-hydrogen) atoms. The summed E-state index contributed by atoms with van der Waals surface area (Å²) in [6.07, 6.45) is -5.02. The van der Waals surface area contributed by atoms with Crippen LogP contribution in [-0.2, 0) is 4.84 Å². The van der Waals surface area contributed by atoms with Crippen molar-refractivity contribution in [1.82, 2.24) is 0 Å². The van der Waals surface area contributed by atoms with Crippen LogP contribution in [0.5, 0.6) is 0 Å². The average Bonchev–Trinajstić information content (AvgIpc) is 2.40. The first-order valence-corrected chi connectivity index (χ1v) is 7.48. The number of hydrogen-bond acceptors (Lipinski definition) is 4. The molecule has 4 nitrogen and oxygen atoms in total. The molecule has 0 heterocycles. The molecular formula is C16H24F3N3O. The fourth-order valence-corrected chi connectivity index (χ4v) is 1.76. The Labute approximate surface area is 135 Å². The van der Waals surface area contributed by atoms with Gasteiger partial charge in [0.05, 0.1) is 17.9 Å². The Morgan fingerprint density at radius 1 is 1.04 bits per heavy atom. The van der Waals surface area contributed by atoms with Gasteiger partial charge in [-0.15, -0.1) is 0 Å². The molecule has 0 N–H and O–H groups in total.